The molecule has 6 rings (SSSR count). The number of fused-ring (bicyclic) bond motifs is 2. The molecule has 13 heteroatoms. The number of benzene rings is 2. The first kappa shape index (κ1) is 27.9. The zero-order valence-electron chi connectivity index (χ0n) is 22.6. The summed E-state index contributed by atoms with van der Waals surface area (Å²) in [6.45, 7) is 0. The predicted octanol–water partition coefficient (Wildman–Crippen LogP) is 3.45. The van der Waals surface area contributed by atoms with Crippen molar-refractivity contribution in [3.63, 3.8) is 0 Å². The van der Waals surface area contributed by atoms with Crippen LogP contribution in [0.1, 0.15) is 0 Å². The highest BCUT2D eigenvalue weighted by atomic mass is 32.2. The van der Waals surface area contributed by atoms with Crippen LogP contribution in [0.2, 0.25) is 0 Å². The lowest BCUT2D eigenvalue weighted by molar-refractivity contribution is 0.182. The largest absolute Gasteiger partial charge is 0.415 e. The van der Waals surface area contributed by atoms with Crippen LogP contribution in [-0.2, 0) is 20.6 Å². The Bertz CT molecular complexity index is 1970. The van der Waals surface area contributed by atoms with Crippen LogP contribution in [0.3, 0.4) is 0 Å². The second-order valence-electron chi connectivity index (χ2n) is 8.84. The van der Waals surface area contributed by atoms with Crippen molar-refractivity contribution < 1.29 is 22.3 Å². The van der Waals surface area contributed by atoms with E-state index in [4.69, 9.17) is 9.68 Å². The molecule has 41 heavy (non-hydrogen) atoms. The molecule has 0 aliphatic rings. The maximum absolute atomic E-state index is 11.6. The third-order valence-electron chi connectivity index (χ3n) is 6.13. The van der Waals surface area contributed by atoms with Gasteiger partial charge >= 0.3 is 0 Å². The highest BCUT2D eigenvalue weighted by Crippen LogP contribution is 2.26. The summed E-state index contributed by atoms with van der Waals surface area (Å²) in [6.07, 6.45) is 9.61. The summed E-state index contributed by atoms with van der Waals surface area (Å²) >= 11 is 0. The van der Waals surface area contributed by atoms with E-state index in [1.54, 1.807) is 71.9 Å². The van der Waals surface area contributed by atoms with Gasteiger partial charge in [-0.05, 0) is 60.7 Å². The first-order valence-corrected chi connectivity index (χ1v) is 15.6. The molecule has 0 fully saturated rings. The summed E-state index contributed by atoms with van der Waals surface area (Å²) in [7, 11) is -1.18. The van der Waals surface area contributed by atoms with Gasteiger partial charge < -0.3 is 9.68 Å². The van der Waals surface area contributed by atoms with Gasteiger partial charge in [0.05, 0.1) is 15.9 Å². The van der Waals surface area contributed by atoms with E-state index >= 15 is 0 Å². The number of sulfone groups is 1. The molecule has 6 aromatic rings. The number of imidazole rings is 2. The van der Waals surface area contributed by atoms with Crippen molar-refractivity contribution in [3.05, 3.63) is 85.5 Å². The smallest absolute Gasteiger partial charge is 0.178 e. The molecule has 4 heterocycles. The van der Waals surface area contributed by atoms with E-state index in [1.807, 2.05) is 36.4 Å². The van der Waals surface area contributed by atoms with E-state index in [9.17, 15) is 12.6 Å². The number of rotatable bonds is 6. The van der Waals surface area contributed by atoms with Crippen molar-refractivity contribution in [2.24, 2.45) is 0 Å². The molecule has 4 aromatic heterocycles. The molecule has 0 N–H and O–H groups in total. The van der Waals surface area contributed by atoms with Crippen molar-refractivity contribution in [2.45, 2.75) is 9.79 Å². The molecule has 11 nitrogen and oxygen atoms in total. The minimum Gasteiger partial charge on any atom is -0.415 e. The SMILES string of the molecule is COn1c(-c2cccnc2)nc2cc(S(C)(=O)=O)ccc21.COn1c(-c2cccnc2)nc2cc(S(C)=O)ccc21. The summed E-state index contributed by atoms with van der Waals surface area (Å²) in [6, 6.07) is 17.7. The molecule has 0 radical (unpaired) electrons. The van der Waals surface area contributed by atoms with Gasteiger partial charge in [0.2, 0.25) is 0 Å². The van der Waals surface area contributed by atoms with Crippen molar-refractivity contribution in [1.82, 2.24) is 29.4 Å². The lowest BCUT2D eigenvalue weighted by Crippen LogP contribution is -2.07. The van der Waals surface area contributed by atoms with Gasteiger partial charge in [-0.3, -0.25) is 14.2 Å². The van der Waals surface area contributed by atoms with Gasteiger partial charge in [0.15, 0.2) is 21.5 Å². The molecule has 0 bridgehead atoms. The van der Waals surface area contributed by atoms with Gasteiger partial charge in [0.1, 0.15) is 25.3 Å². The Labute approximate surface area is 238 Å². The molecule has 0 aliphatic carbocycles. The lowest BCUT2D eigenvalue weighted by Gasteiger charge is -2.06. The van der Waals surface area contributed by atoms with E-state index in [0.29, 0.717) is 22.7 Å². The van der Waals surface area contributed by atoms with Crippen molar-refractivity contribution in [3.8, 4) is 22.8 Å². The second kappa shape index (κ2) is 11.5. The maximum Gasteiger partial charge on any atom is 0.178 e. The molecule has 0 amide bonds. The van der Waals surface area contributed by atoms with Crippen molar-refractivity contribution in [2.75, 3.05) is 26.7 Å². The molecule has 0 aliphatic heterocycles. The Morgan fingerprint density at radius 3 is 1.71 bits per heavy atom. The normalized spacial score (nSPS) is 12.1. The topological polar surface area (TPSA) is 131 Å². The fourth-order valence-corrected chi connectivity index (χ4v) is 5.39. The minimum atomic E-state index is -3.27. The number of pyridine rings is 2. The Hall–Kier alpha value is -4.62. The average molecular weight is 591 g/mol. The first-order valence-electron chi connectivity index (χ1n) is 12.2. The molecule has 0 saturated heterocycles. The number of aromatic nitrogens is 6. The molecule has 1 atom stereocenters. The van der Waals surface area contributed by atoms with E-state index in [0.717, 1.165) is 27.1 Å². The average Bonchev–Trinajstić information content (AvgIpc) is 3.55. The van der Waals surface area contributed by atoms with E-state index in [2.05, 4.69) is 19.9 Å². The summed E-state index contributed by atoms with van der Waals surface area (Å²) in [5.41, 5.74) is 4.49. The van der Waals surface area contributed by atoms with Crippen LogP contribution >= 0.6 is 0 Å². The van der Waals surface area contributed by atoms with Crippen LogP contribution in [0.5, 0.6) is 0 Å². The zero-order chi connectivity index (χ0) is 29.1. The number of nitrogens with zero attached hydrogens (tertiary/aromatic N) is 6. The highest BCUT2D eigenvalue weighted by Gasteiger charge is 2.17. The van der Waals surface area contributed by atoms with Crippen molar-refractivity contribution >= 4 is 42.7 Å². The minimum absolute atomic E-state index is 0.230. The summed E-state index contributed by atoms with van der Waals surface area (Å²) in [4.78, 5) is 28.9. The predicted molar refractivity (Wildman–Crippen MR) is 156 cm³/mol. The van der Waals surface area contributed by atoms with Crippen LogP contribution in [0, 0.1) is 0 Å². The molecular weight excluding hydrogens is 564 g/mol. The van der Waals surface area contributed by atoms with Crippen LogP contribution in [-0.4, -0.2) is 68.8 Å². The Kier molecular flexibility index (Phi) is 7.81. The lowest BCUT2D eigenvalue weighted by atomic mass is 10.3. The Balaban J connectivity index is 0.000000165. The van der Waals surface area contributed by atoms with Gasteiger partial charge in [-0.2, -0.15) is 9.46 Å². The first-order chi connectivity index (χ1) is 19.7. The molecule has 210 valence electrons. The third kappa shape index (κ3) is 5.67. The Morgan fingerprint density at radius 1 is 0.756 bits per heavy atom. The number of hydrogen-bond acceptors (Lipinski definition) is 9. The maximum atomic E-state index is 11.6. The Morgan fingerprint density at radius 2 is 1.27 bits per heavy atom. The molecule has 1 unspecified atom stereocenters. The van der Waals surface area contributed by atoms with Gasteiger partial charge in [-0.1, -0.05) is 0 Å². The van der Waals surface area contributed by atoms with Gasteiger partial charge in [0, 0.05) is 64.1 Å². The van der Waals surface area contributed by atoms with Gasteiger partial charge in [0.25, 0.3) is 0 Å². The van der Waals surface area contributed by atoms with Crippen LogP contribution in [0.4, 0.5) is 0 Å². The summed E-state index contributed by atoms with van der Waals surface area (Å²) < 4.78 is 38.0. The molecular formula is C28H26N6O5S2. The van der Waals surface area contributed by atoms with E-state index in [-0.39, 0.29) is 4.90 Å². The van der Waals surface area contributed by atoms with E-state index in [1.165, 1.54) is 13.4 Å². The van der Waals surface area contributed by atoms with Crippen molar-refractivity contribution in [1.29, 1.82) is 0 Å². The fourth-order valence-electron chi connectivity index (χ4n) is 4.21. The van der Waals surface area contributed by atoms with Gasteiger partial charge in [-0.15, -0.1) is 0 Å². The van der Waals surface area contributed by atoms with Gasteiger partial charge in [-0.25, -0.2) is 18.4 Å². The van der Waals surface area contributed by atoms with Crippen LogP contribution in [0.25, 0.3) is 44.8 Å². The molecule has 0 saturated carbocycles. The third-order valence-corrected chi connectivity index (χ3v) is 8.16. The monoisotopic (exact) mass is 590 g/mol. The van der Waals surface area contributed by atoms with Crippen LogP contribution in [0.15, 0.2) is 95.2 Å². The molecule has 0 spiro atoms. The molecule has 2 aromatic carbocycles. The number of hydrogen-bond donors (Lipinski definition) is 0. The zero-order valence-corrected chi connectivity index (χ0v) is 24.3. The summed E-state index contributed by atoms with van der Waals surface area (Å²) in [5.74, 6) is 1.25. The van der Waals surface area contributed by atoms with E-state index < -0.39 is 20.6 Å². The standard InChI is InChI=1S/C14H13N3O3S.C14H13N3O2S/c1-20-17-13-6-5-11(21(2,18)19)8-12(13)16-14(17)10-4-3-7-15-9-10;1-19-17-13-6-5-11(20(2)18)8-12(13)16-14(17)10-4-3-7-15-9-10/h3-9H,1-2H3;3-9H,1-2H3. The van der Waals surface area contributed by atoms with Crippen LogP contribution < -0.4 is 9.68 Å². The summed E-state index contributed by atoms with van der Waals surface area (Å²) in [5, 5.41) is 0. The quantitative estimate of drug-likeness (QED) is 0.286. The second-order valence-corrected chi connectivity index (χ2v) is 12.2. The highest BCUT2D eigenvalue weighted by molar-refractivity contribution is 7.90. The fraction of sp³-hybridized carbons (Fsp3) is 0.143.